The molecule has 0 radical (unpaired) electrons. The summed E-state index contributed by atoms with van der Waals surface area (Å²) >= 11 is 0. The number of aliphatic hydroxyl groups excluding tert-OH is 1. The second-order valence-corrected chi connectivity index (χ2v) is 5.99. The van der Waals surface area contributed by atoms with E-state index >= 15 is 0 Å². The zero-order chi connectivity index (χ0) is 12.7. The summed E-state index contributed by atoms with van der Waals surface area (Å²) in [5.41, 5.74) is 7.35. The predicted molar refractivity (Wildman–Crippen MR) is 75.4 cm³/mol. The average Bonchev–Trinajstić information content (AvgIpc) is 2.82. The van der Waals surface area contributed by atoms with E-state index in [0.717, 1.165) is 12.0 Å². The topological polar surface area (TPSA) is 20.2 Å². The summed E-state index contributed by atoms with van der Waals surface area (Å²) in [4.78, 5) is 0. The highest BCUT2D eigenvalue weighted by Crippen LogP contribution is 2.40. The first-order valence-corrected chi connectivity index (χ1v) is 7.17. The van der Waals surface area contributed by atoms with Crippen LogP contribution in [0.25, 0.3) is 0 Å². The van der Waals surface area contributed by atoms with Gasteiger partial charge in [0, 0.05) is 5.92 Å². The molecule has 1 N–H and O–H groups in total. The highest BCUT2D eigenvalue weighted by molar-refractivity contribution is 5.48. The lowest BCUT2D eigenvalue weighted by atomic mass is 9.82. The minimum absolute atomic E-state index is 0.282. The number of aliphatic hydroxyl groups is 1. The van der Waals surface area contributed by atoms with Crippen LogP contribution in [-0.2, 0) is 0 Å². The molecular formula is C17H22O. The molecular weight excluding hydrogens is 220 g/mol. The van der Waals surface area contributed by atoms with Crippen molar-refractivity contribution in [2.75, 3.05) is 0 Å². The van der Waals surface area contributed by atoms with Crippen LogP contribution >= 0.6 is 0 Å². The van der Waals surface area contributed by atoms with Crippen molar-refractivity contribution in [1.82, 2.24) is 0 Å². The molecule has 0 fully saturated rings. The first kappa shape index (κ1) is 11.8. The second kappa shape index (κ2) is 4.46. The highest BCUT2D eigenvalue weighted by atomic mass is 16.3. The Labute approximate surface area is 110 Å². The van der Waals surface area contributed by atoms with Gasteiger partial charge in [0.25, 0.3) is 0 Å². The molecule has 96 valence electrons. The summed E-state index contributed by atoms with van der Waals surface area (Å²) in [5, 5.41) is 9.92. The Balaban J connectivity index is 1.91. The maximum atomic E-state index is 9.92. The van der Waals surface area contributed by atoms with Gasteiger partial charge < -0.3 is 5.11 Å². The lowest BCUT2D eigenvalue weighted by Crippen LogP contribution is -2.10. The number of allylic oxidation sites excluding steroid dienone is 8. The fraction of sp³-hybridized carbons (Fsp3) is 0.529. The van der Waals surface area contributed by atoms with E-state index < -0.39 is 0 Å². The molecule has 1 nitrogen and oxygen atoms in total. The summed E-state index contributed by atoms with van der Waals surface area (Å²) in [6.07, 6.45) is 12.1. The molecule has 0 saturated heterocycles. The van der Waals surface area contributed by atoms with E-state index in [0.29, 0.717) is 5.76 Å². The SMILES string of the molecule is CC1=C(O)C(C)CC(C2=CC3=C(CCC3)CC2)=C1. The molecule has 3 rings (SSSR count). The van der Waals surface area contributed by atoms with Crippen molar-refractivity contribution >= 4 is 0 Å². The van der Waals surface area contributed by atoms with Crippen LogP contribution in [-0.4, -0.2) is 5.11 Å². The normalized spacial score (nSPS) is 28.2. The van der Waals surface area contributed by atoms with Crippen LogP contribution in [0.1, 0.15) is 52.4 Å². The molecule has 0 aliphatic heterocycles. The van der Waals surface area contributed by atoms with E-state index in [-0.39, 0.29) is 5.92 Å². The summed E-state index contributed by atoms with van der Waals surface area (Å²) in [7, 11) is 0. The monoisotopic (exact) mass is 242 g/mol. The second-order valence-electron chi connectivity index (χ2n) is 5.99. The van der Waals surface area contributed by atoms with Gasteiger partial charge in [0.15, 0.2) is 0 Å². The van der Waals surface area contributed by atoms with Crippen molar-refractivity contribution in [1.29, 1.82) is 0 Å². The van der Waals surface area contributed by atoms with Crippen LogP contribution in [0, 0.1) is 5.92 Å². The molecule has 0 aromatic heterocycles. The fourth-order valence-electron chi connectivity index (χ4n) is 3.54. The Morgan fingerprint density at radius 2 is 1.89 bits per heavy atom. The Morgan fingerprint density at radius 1 is 1.06 bits per heavy atom. The number of rotatable bonds is 1. The number of hydrogen-bond acceptors (Lipinski definition) is 1. The standard InChI is InChI=1S/C17H22O/c1-11-8-16(9-12(2)17(11)18)15-7-6-13-4-3-5-14(13)10-15/h8,10,12,18H,3-7,9H2,1-2H3. The Bertz CT molecular complexity index is 500. The zero-order valence-corrected chi connectivity index (χ0v) is 11.4. The van der Waals surface area contributed by atoms with Gasteiger partial charge in [-0.15, -0.1) is 0 Å². The lowest BCUT2D eigenvalue weighted by Gasteiger charge is -2.25. The van der Waals surface area contributed by atoms with E-state index in [1.54, 1.807) is 11.1 Å². The van der Waals surface area contributed by atoms with Gasteiger partial charge in [0.2, 0.25) is 0 Å². The third-order valence-corrected chi connectivity index (χ3v) is 4.62. The number of hydrogen-bond donors (Lipinski definition) is 1. The summed E-state index contributed by atoms with van der Waals surface area (Å²) in [5.74, 6) is 0.862. The van der Waals surface area contributed by atoms with Crippen LogP contribution in [0.5, 0.6) is 0 Å². The third kappa shape index (κ3) is 1.96. The van der Waals surface area contributed by atoms with Crippen molar-refractivity contribution in [3.05, 3.63) is 45.8 Å². The molecule has 1 atom stereocenters. The molecule has 0 aromatic rings. The van der Waals surface area contributed by atoms with Crippen molar-refractivity contribution in [3.63, 3.8) is 0 Å². The molecule has 0 aromatic carbocycles. The molecule has 1 heteroatoms. The van der Waals surface area contributed by atoms with Crippen molar-refractivity contribution in [3.8, 4) is 0 Å². The van der Waals surface area contributed by atoms with Crippen LogP contribution in [0.4, 0.5) is 0 Å². The molecule has 3 aliphatic carbocycles. The molecule has 0 heterocycles. The van der Waals surface area contributed by atoms with Crippen molar-refractivity contribution < 1.29 is 5.11 Å². The minimum Gasteiger partial charge on any atom is -0.512 e. The van der Waals surface area contributed by atoms with Crippen LogP contribution < -0.4 is 0 Å². The zero-order valence-electron chi connectivity index (χ0n) is 11.4. The lowest BCUT2D eigenvalue weighted by molar-refractivity contribution is 0.330. The van der Waals surface area contributed by atoms with Crippen molar-refractivity contribution in [2.24, 2.45) is 5.92 Å². The van der Waals surface area contributed by atoms with Gasteiger partial charge in [0.1, 0.15) is 0 Å². The van der Waals surface area contributed by atoms with Crippen LogP contribution in [0.15, 0.2) is 45.8 Å². The molecule has 0 amide bonds. The molecule has 0 spiro atoms. The largest absolute Gasteiger partial charge is 0.512 e. The molecule has 18 heavy (non-hydrogen) atoms. The van der Waals surface area contributed by atoms with E-state index in [2.05, 4.69) is 19.1 Å². The fourth-order valence-corrected chi connectivity index (χ4v) is 3.54. The van der Waals surface area contributed by atoms with Gasteiger partial charge in [-0.3, -0.25) is 0 Å². The first-order valence-electron chi connectivity index (χ1n) is 7.17. The molecule has 3 aliphatic rings. The summed E-state index contributed by atoms with van der Waals surface area (Å²) in [6.45, 7) is 4.14. The molecule has 0 saturated carbocycles. The van der Waals surface area contributed by atoms with Crippen LogP contribution in [0.2, 0.25) is 0 Å². The van der Waals surface area contributed by atoms with E-state index in [9.17, 15) is 5.11 Å². The van der Waals surface area contributed by atoms with Gasteiger partial charge in [0.05, 0.1) is 5.76 Å². The Hall–Kier alpha value is -1.24. The quantitative estimate of drug-likeness (QED) is 0.687. The highest BCUT2D eigenvalue weighted by Gasteiger charge is 2.23. The average molecular weight is 242 g/mol. The van der Waals surface area contributed by atoms with Gasteiger partial charge in [-0.2, -0.15) is 0 Å². The maximum Gasteiger partial charge on any atom is 0.0983 e. The van der Waals surface area contributed by atoms with Gasteiger partial charge in [-0.25, -0.2) is 0 Å². The summed E-state index contributed by atoms with van der Waals surface area (Å²) in [6, 6.07) is 0. The van der Waals surface area contributed by atoms with Gasteiger partial charge in [-0.1, -0.05) is 24.6 Å². The summed E-state index contributed by atoms with van der Waals surface area (Å²) < 4.78 is 0. The predicted octanol–water partition coefficient (Wildman–Crippen LogP) is 4.99. The third-order valence-electron chi connectivity index (χ3n) is 4.62. The van der Waals surface area contributed by atoms with E-state index in [1.807, 2.05) is 6.92 Å². The first-order chi connectivity index (χ1) is 8.65. The Morgan fingerprint density at radius 3 is 2.67 bits per heavy atom. The Kier molecular flexibility index (Phi) is 2.93. The smallest absolute Gasteiger partial charge is 0.0983 e. The van der Waals surface area contributed by atoms with Gasteiger partial charge >= 0.3 is 0 Å². The minimum atomic E-state index is 0.282. The van der Waals surface area contributed by atoms with Gasteiger partial charge in [-0.05, 0) is 67.7 Å². The van der Waals surface area contributed by atoms with Crippen molar-refractivity contribution in [2.45, 2.75) is 52.4 Å². The molecule has 1 unspecified atom stereocenters. The molecule has 0 bridgehead atoms. The van der Waals surface area contributed by atoms with Crippen LogP contribution in [0.3, 0.4) is 0 Å². The van der Waals surface area contributed by atoms with E-state index in [4.69, 9.17) is 0 Å². The maximum absolute atomic E-state index is 9.92. The van der Waals surface area contributed by atoms with E-state index in [1.165, 1.54) is 43.3 Å².